The lowest BCUT2D eigenvalue weighted by Gasteiger charge is -2.14. The zero-order chi connectivity index (χ0) is 13.4. The van der Waals surface area contributed by atoms with Crippen molar-refractivity contribution >= 4 is 26.7 Å². The lowest BCUT2D eigenvalue weighted by molar-refractivity contribution is 0.775. The Bertz CT molecular complexity index is 687. The van der Waals surface area contributed by atoms with Gasteiger partial charge in [0, 0.05) is 19.0 Å². The molecule has 1 atom stereocenters. The molecule has 0 unspecified atom stereocenters. The first-order valence-corrected chi connectivity index (χ1v) is 7.87. The highest BCUT2D eigenvalue weighted by Crippen LogP contribution is 2.34. The Hall–Kier alpha value is -1.87. The van der Waals surface area contributed by atoms with Crippen LogP contribution in [-0.4, -0.2) is 18.1 Å². The van der Waals surface area contributed by atoms with Crippen LogP contribution in [0.3, 0.4) is 0 Å². The van der Waals surface area contributed by atoms with E-state index in [1.54, 1.807) is 11.3 Å². The first-order valence-electron chi connectivity index (χ1n) is 7.05. The summed E-state index contributed by atoms with van der Waals surface area (Å²) in [5.41, 5.74) is 2.58. The summed E-state index contributed by atoms with van der Waals surface area (Å²) in [5, 5.41) is 1.17. The second-order valence-electron chi connectivity index (χ2n) is 5.31. The van der Waals surface area contributed by atoms with E-state index in [-0.39, 0.29) is 0 Å². The Morgan fingerprint density at radius 3 is 2.65 bits per heavy atom. The van der Waals surface area contributed by atoms with Gasteiger partial charge in [-0.15, -0.1) is 0 Å². The van der Waals surface area contributed by atoms with Crippen molar-refractivity contribution in [3.05, 3.63) is 60.2 Å². The van der Waals surface area contributed by atoms with Crippen molar-refractivity contribution in [2.45, 2.75) is 12.3 Å². The average molecular weight is 280 g/mol. The van der Waals surface area contributed by atoms with Gasteiger partial charge in [-0.2, -0.15) is 0 Å². The van der Waals surface area contributed by atoms with Gasteiger partial charge in [0.25, 0.3) is 0 Å². The van der Waals surface area contributed by atoms with Crippen LogP contribution in [0.5, 0.6) is 0 Å². The summed E-state index contributed by atoms with van der Waals surface area (Å²) in [5.74, 6) is 0.642. The van der Waals surface area contributed by atoms with E-state index in [1.165, 1.54) is 21.8 Å². The number of nitrogens with zero attached hydrogens (tertiary/aromatic N) is 2. The number of anilines is 1. The SMILES string of the molecule is c1ccc([C@H]2CCN(c3nc4ccccc4s3)C2)cc1. The molecular formula is C17H16N2S. The van der Waals surface area contributed by atoms with Gasteiger partial charge >= 0.3 is 0 Å². The van der Waals surface area contributed by atoms with Crippen LogP contribution < -0.4 is 4.90 Å². The molecule has 1 saturated heterocycles. The Morgan fingerprint density at radius 2 is 1.80 bits per heavy atom. The van der Waals surface area contributed by atoms with Crippen molar-refractivity contribution in [1.82, 2.24) is 4.98 Å². The maximum absolute atomic E-state index is 4.77. The fourth-order valence-electron chi connectivity index (χ4n) is 2.93. The number of para-hydroxylation sites is 1. The van der Waals surface area contributed by atoms with E-state index < -0.39 is 0 Å². The highest BCUT2D eigenvalue weighted by molar-refractivity contribution is 7.22. The van der Waals surface area contributed by atoms with Crippen molar-refractivity contribution in [2.24, 2.45) is 0 Å². The summed E-state index contributed by atoms with van der Waals surface area (Å²) >= 11 is 1.81. The van der Waals surface area contributed by atoms with Gasteiger partial charge in [-0.05, 0) is 24.1 Å². The van der Waals surface area contributed by atoms with Gasteiger partial charge in [-0.1, -0.05) is 53.8 Å². The van der Waals surface area contributed by atoms with Crippen LogP contribution >= 0.6 is 11.3 Å². The predicted molar refractivity (Wildman–Crippen MR) is 85.6 cm³/mol. The third kappa shape index (κ3) is 2.08. The molecule has 0 spiro atoms. The van der Waals surface area contributed by atoms with Gasteiger partial charge in [0.15, 0.2) is 5.13 Å². The number of aromatic nitrogens is 1. The van der Waals surface area contributed by atoms with Crippen LogP contribution in [0.25, 0.3) is 10.2 Å². The van der Waals surface area contributed by atoms with E-state index >= 15 is 0 Å². The molecular weight excluding hydrogens is 264 g/mol. The number of hydrogen-bond acceptors (Lipinski definition) is 3. The molecule has 1 fully saturated rings. The van der Waals surface area contributed by atoms with E-state index in [0.29, 0.717) is 5.92 Å². The smallest absolute Gasteiger partial charge is 0.186 e. The van der Waals surface area contributed by atoms with E-state index in [0.717, 1.165) is 18.6 Å². The molecule has 1 aliphatic rings. The molecule has 0 saturated carbocycles. The molecule has 2 aromatic carbocycles. The fourth-order valence-corrected chi connectivity index (χ4v) is 3.93. The molecule has 1 aromatic heterocycles. The minimum atomic E-state index is 0.642. The van der Waals surface area contributed by atoms with Gasteiger partial charge in [-0.3, -0.25) is 0 Å². The van der Waals surface area contributed by atoms with Crippen LogP contribution in [-0.2, 0) is 0 Å². The number of fused-ring (bicyclic) bond motifs is 1. The zero-order valence-corrected chi connectivity index (χ0v) is 12.0. The third-order valence-corrected chi connectivity index (χ3v) is 5.11. The zero-order valence-electron chi connectivity index (χ0n) is 11.2. The van der Waals surface area contributed by atoms with E-state index in [9.17, 15) is 0 Å². The van der Waals surface area contributed by atoms with E-state index in [1.807, 2.05) is 0 Å². The van der Waals surface area contributed by atoms with Crippen LogP contribution in [0.15, 0.2) is 54.6 Å². The fraction of sp³-hybridized carbons (Fsp3) is 0.235. The minimum absolute atomic E-state index is 0.642. The highest BCUT2D eigenvalue weighted by Gasteiger charge is 2.25. The topological polar surface area (TPSA) is 16.1 Å². The van der Waals surface area contributed by atoms with Gasteiger partial charge in [0.05, 0.1) is 10.2 Å². The van der Waals surface area contributed by atoms with Crippen LogP contribution in [0.4, 0.5) is 5.13 Å². The van der Waals surface area contributed by atoms with Crippen LogP contribution in [0.2, 0.25) is 0 Å². The predicted octanol–water partition coefficient (Wildman–Crippen LogP) is 4.29. The Kier molecular flexibility index (Phi) is 2.92. The van der Waals surface area contributed by atoms with Gasteiger partial charge in [0.1, 0.15) is 0 Å². The molecule has 3 heteroatoms. The van der Waals surface area contributed by atoms with Crippen molar-refractivity contribution in [2.75, 3.05) is 18.0 Å². The third-order valence-electron chi connectivity index (χ3n) is 4.01. The minimum Gasteiger partial charge on any atom is -0.347 e. The standard InChI is InChI=1S/C17H16N2S/c1-2-6-13(7-3-1)14-10-11-19(12-14)17-18-15-8-4-5-9-16(15)20-17/h1-9,14H,10-12H2/t14-/m0/s1. The van der Waals surface area contributed by atoms with Crippen molar-refractivity contribution < 1.29 is 0 Å². The Balaban J connectivity index is 1.59. The molecule has 1 aliphatic heterocycles. The summed E-state index contributed by atoms with van der Waals surface area (Å²) in [6.07, 6.45) is 1.22. The Morgan fingerprint density at radius 1 is 1.00 bits per heavy atom. The quantitative estimate of drug-likeness (QED) is 0.696. The monoisotopic (exact) mass is 280 g/mol. The summed E-state index contributed by atoms with van der Waals surface area (Å²) in [4.78, 5) is 7.20. The van der Waals surface area contributed by atoms with Crippen LogP contribution in [0, 0.1) is 0 Å². The molecule has 0 radical (unpaired) electrons. The molecule has 2 heterocycles. The van der Waals surface area contributed by atoms with E-state index in [2.05, 4.69) is 59.5 Å². The normalized spacial score (nSPS) is 18.8. The van der Waals surface area contributed by atoms with Gasteiger partial charge in [0.2, 0.25) is 0 Å². The van der Waals surface area contributed by atoms with E-state index in [4.69, 9.17) is 4.98 Å². The average Bonchev–Trinajstić information content (AvgIpc) is 3.14. The molecule has 0 N–H and O–H groups in total. The number of hydrogen-bond donors (Lipinski definition) is 0. The molecule has 0 aliphatic carbocycles. The first-order chi connectivity index (χ1) is 9.90. The lowest BCUT2D eigenvalue weighted by Crippen LogP contribution is -2.18. The lowest BCUT2D eigenvalue weighted by atomic mass is 9.99. The maximum Gasteiger partial charge on any atom is 0.186 e. The molecule has 3 aromatic rings. The molecule has 20 heavy (non-hydrogen) atoms. The molecule has 4 rings (SSSR count). The van der Waals surface area contributed by atoms with Crippen molar-refractivity contribution in [3.8, 4) is 0 Å². The number of rotatable bonds is 2. The second-order valence-corrected chi connectivity index (χ2v) is 6.32. The molecule has 2 nitrogen and oxygen atoms in total. The maximum atomic E-state index is 4.77. The van der Waals surface area contributed by atoms with Crippen molar-refractivity contribution in [3.63, 3.8) is 0 Å². The number of benzene rings is 2. The van der Waals surface area contributed by atoms with Gasteiger partial charge < -0.3 is 4.90 Å². The molecule has 100 valence electrons. The molecule has 0 amide bonds. The summed E-state index contributed by atoms with van der Waals surface area (Å²) in [6.45, 7) is 2.20. The van der Waals surface area contributed by atoms with Gasteiger partial charge in [-0.25, -0.2) is 4.98 Å². The van der Waals surface area contributed by atoms with Crippen molar-refractivity contribution in [1.29, 1.82) is 0 Å². The highest BCUT2D eigenvalue weighted by atomic mass is 32.1. The van der Waals surface area contributed by atoms with Crippen LogP contribution in [0.1, 0.15) is 17.9 Å². The second kappa shape index (κ2) is 4.91. The Labute approximate surface area is 122 Å². The summed E-state index contributed by atoms with van der Waals surface area (Å²) in [7, 11) is 0. The number of thiazole rings is 1. The molecule has 0 bridgehead atoms. The summed E-state index contributed by atoms with van der Waals surface area (Å²) in [6, 6.07) is 19.2. The summed E-state index contributed by atoms with van der Waals surface area (Å²) < 4.78 is 1.28. The largest absolute Gasteiger partial charge is 0.347 e. The first kappa shape index (κ1) is 11.9.